The molecule has 1 aliphatic heterocycles. The van der Waals surface area contributed by atoms with Crippen molar-refractivity contribution in [2.24, 2.45) is 0 Å². The molecule has 2 aromatic rings. The Morgan fingerprint density at radius 1 is 1.06 bits per heavy atom. The lowest BCUT2D eigenvalue weighted by Crippen LogP contribution is -2.50. The lowest BCUT2D eigenvalue weighted by atomic mass is 10.0. The molecule has 190 valence electrons. The van der Waals surface area contributed by atoms with Crippen LogP contribution in [0.2, 0.25) is 0 Å². The number of piperazine rings is 1. The van der Waals surface area contributed by atoms with Gasteiger partial charge in [0.25, 0.3) is 5.91 Å². The van der Waals surface area contributed by atoms with Gasteiger partial charge >= 0.3 is 12.1 Å². The van der Waals surface area contributed by atoms with E-state index >= 15 is 0 Å². The first-order valence-corrected chi connectivity index (χ1v) is 10.9. The summed E-state index contributed by atoms with van der Waals surface area (Å²) in [5, 5.41) is 10.3. The SMILES string of the molecule is CC(CN(CC(=O)N1CCNCC1)C(=O)c1cccc(F)c1)c1ccccc1.O=C(O)C(F)(F)F. The number of carbonyl (C=O) groups excluding carboxylic acids is 2. The quantitative estimate of drug-likeness (QED) is 0.599. The second kappa shape index (κ2) is 12.8. The average molecular weight is 497 g/mol. The second-order valence-electron chi connectivity index (χ2n) is 7.94. The third-order valence-electron chi connectivity index (χ3n) is 5.26. The fraction of sp³-hybridized carbons (Fsp3) is 0.375. The van der Waals surface area contributed by atoms with Crippen LogP contribution in [0.1, 0.15) is 28.8 Å². The number of carboxylic acids is 1. The largest absolute Gasteiger partial charge is 0.490 e. The van der Waals surface area contributed by atoms with Crippen LogP contribution in [0, 0.1) is 5.82 Å². The number of nitrogens with zero attached hydrogens (tertiary/aromatic N) is 2. The lowest BCUT2D eigenvalue weighted by molar-refractivity contribution is -0.192. The molecule has 2 N–H and O–H groups in total. The Morgan fingerprint density at radius 3 is 2.20 bits per heavy atom. The van der Waals surface area contributed by atoms with Crippen LogP contribution in [0.3, 0.4) is 0 Å². The fourth-order valence-electron chi connectivity index (χ4n) is 3.42. The van der Waals surface area contributed by atoms with Crippen molar-refractivity contribution < 1.29 is 37.1 Å². The number of amides is 2. The summed E-state index contributed by atoms with van der Waals surface area (Å²) in [6.45, 7) is 5.18. The van der Waals surface area contributed by atoms with Crippen molar-refractivity contribution in [3.05, 3.63) is 71.5 Å². The van der Waals surface area contributed by atoms with E-state index in [1.807, 2.05) is 37.3 Å². The number of aliphatic carboxylic acids is 1. The highest BCUT2D eigenvalue weighted by Crippen LogP contribution is 2.18. The molecule has 1 fully saturated rings. The highest BCUT2D eigenvalue weighted by Gasteiger charge is 2.38. The van der Waals surface area contributed by atoms with Gasteiger partial charge in [0, 0.05) is 38.3 Å². The van der Waals surface area contributed by atoms with Crippen molar-refractivity contribution in [2.45, 2.75) is 19.0 Å². The molecule has 0 saturated carbocycles. The van der Waals surface area contributed by atoms with E-state index in [1.54, 1.807) is 11.0 Å². The van der Waals surface area contributed by atoms with E-state index in [-0.39, 0.29) is 29.8 Å². The van der Waals surface area contributed by atoms with Gasteiger partial charge in [0.2, 0.25) is 5.91 Å². The maximum absolute atomic E-state index is 13.6. The summed E-state index contributed by atoms with van der Waals surface area (Å²) in [5.74, 6) is -3.57. The van der Waals surface area contributed by atoms with Crippen LogP contribution in [-0.2, 0) is 9.59 Å². The molecular weight excluding hydrogens is 470 g/mol. The van der Waals surface area contributed by atoms with Crippen LogP contribution in [-0.4, -0.2) is 78.1 Å². The van der Waals surface area contributed by atoms with Crippen molar-refractivity contribution >= 4 is 17.8 Å². The van der Waals surface area contributed by atoms with Gasteiger partial charge in [-0.2, -0.15) is 13.2 Å². The van der Waals surface area contributed by atoms with Crippen molar-refractivity contribution in [1.82, 2.24) is 15.1 Å². The van der Waals surface area contributed by atoms with E-state index in [9.17, 15) is 27.2 Å². The summed E-state index contributed by atoms with van der Waals surface area (Å²) in [5.41, 5.74) is 1.35. The van der Waals surface area contributed by atoms with Crippen LogP contribution in [0.15, 0.2) is 54.6 Å². The monoisotopic (exact) mass is 497 g/mol. The number of nitrogens with one attached hydrogen (secondary N) is 1. The molecule has 1 aliphatic rings. The summed E-state index contributed by atoms with van der Waals surface area (Å²) < 4.78 is 45.4. The lowest BCUT2D eigenvalue weighted by Gasteiger charge is -2.31. The van der Waals surface area contributed by atoms with E-state index in [2.05, 4.69) is 5.32 Å². The van der Waals surface area contributed by atoms with Crippen molar-refractivity contribution in [3.8, 4) is 0 Å². The van der Waals surface area contributed by atoms with Crippen LogP contribution >= 0.6 is 0 Å². The molecule has 11 heteroatoms. The van der Waals surface area contributed by atoms with E-state index in [0.717, 1.165) is 18.7 Å². The van der Waals surface area contributed by atoms with Gasteiger partial charge in [-0.05, 0) is 29.7 Å². The number of rotatable bonds is 6. The third-order valence-corrected chi connectivity index (χ3v) is 5.26. The first-order chi connectivity index (χ1) is 16.5. The predicted octanol–water partition coefficient (Wildman–Crippen LogP) is 3.14. The summed E-state index contributed by atoms with van der Waals surface area (Å²) in [7, 11) is 0. The molecule has 35 heavy (non-hydrogen) atoms. The normalized spacial score (nSPS) is 14.4. The van der Waals surface area contributed by atoms with Crippen LogP contribution < -0.4 is 5.32 Å². The fourth-order valence-corrected chi connectivity index (χ4v) is 3.42. The van der Waals surface area contributed by atoms with Crippen molar-refractivity contribution in [2.75, 3.05) is 39.3 Å². The molecule has 1 atom stereocenters. The standard InChI is InChI=1S/C22H26FN3O2.C2HF3O2/c1-17(18-6-3-2-4-7-18)15-26(16-21(27)25-12-10-24-11-13-25)22(28)19-8-5-9-20(23)14-19;3-2(4,5)1(6)7/h2-9,14,17,24H,10-13,15-16H2,1H3;(H,6,7). The van der Waals surface area contributed by atoms with Gasteiger partial charge in [0.15, 0.2) is 0 Å². The van der Waals surface area contributed by atoms with Crippen LogP contribution in [0.25, 0.3) is 0 Å². The number of carbonyl (C=O) groups is 3. The van der Waals surface area contributed by atoms with Gasteiger partial charge < -0.3 is 20.2 Å². The zero-order chi connectivity index (χ0) is 26.0. The van der Waals surface area contributed by atoms with Crippen molar-refractivity contribution in [3.63, 3.8) is 0 Å². The van der Waals surface area contributed by atoms with Gasteiger partial charge in [-0.3, -0.25) is 9.59 Å². The first-order valence-electron chi connectivity index (χ1n) is 10.9. The molecule has 0 radical (unpaired) electrons. The molecule has 7 nitrogen and oxygen atoms in total. The number of hydrogen-bond acceptors (Lipinski definition) is 4. The van der Waals surface area contributed by atoms with Crippen molar-refractivity contribution in [1.29, 1.82) is 0 Å². The van der Waals surface area contributed by atoms with E-state index in [1.165, 1.54) is 23.1 Å². The Hall–Kier alpha value is -3.47. The molecule has 0 spiro atoms. The topological polar surface area (TPSA) is 90.0 Å². The Labute approximate surface area is 200 Å². The van der Waals surface area contributed by atoms with Gasteiger partial charge in [0.1, 0.15) is 12.4 Å². The molecule has 0 aliphatic carbocycles. The van der Waals surface area contributed by atoms with Crippen LogP contribution in [0.5, 0.6) is 0 Å². The maximum Gasteiger partial charge on any atom is 0.490 e. The molecule has 0 aromatic heterocycles. The molecule has 1 unspecified atom stereocenters. The third kappa shape index (κ3) is 9.01. The molecule has 3 rings (SSSR count). The number of halogens is 4. The number of hydrogen-bond donors (Lipinski definition) is 2. The van der Waals surface area contributed by atoms with Gasteiger partial charge in [-0.1, -0.05) is 43.3 Å². The predicted molar refractivity (Wildman–Crippen MR) is 120 cm³/mol. The van der Waals surface area contributed by atoms with E-state index < -0.39 is 18.0 Å². The summed E-state index contributed by atoms with van der Waals surface area (Å²) in [6, 6.07) is 15.5. The Kier molecular flexibility index (Phi) is 10.2. The zero-order valence-electron chi connectivity index (χ0n) is 19.1. The Balaban J connectivity index is 0.000000540. The number of carboxylic acid groups (broad SMARTS) is 1. The number of alkyl halides is 3. The molecule has 2 amide bonds. The first kappa shape index (κ1) is 27.8. The van der Waals surface area contributed by atoms with Gasteiger partial charge in [0.05, 0.1) is 0 Å². The van der Waals surface area contributed by atoms with Gasteiger partial charge in [-0.15, -0.1) is 0 Å². The molecule has 1 heterocycles. The Bertz CT molecular complexity index is 996. The maximum atomic E-state index is 13.6. The second-order valence-corrected chi connectivity index (χ2v) is 7.94. The highest BCUT2D eigenvalue weighted by molar-refractivity contribution is 5.96. The Morgan fingerprint density at radius 2 is 1.66 bits per heavy atom. The molecular formula is C24H27F4N3O4. The highest BCUT2D eigenvalue weighted by atomic mass is 19.4. The molecule has 2 aromatic carbocycles. The zero-order valence-corrected chi connectivity index (χ0v) is 19.1. The minimum atomic E-state index is -5.08. The molecule has 0 bridgehead atoms. The minimum Gasteiger partial charge on any atom is -0.475 e. The van der Waals surface area contributed by atoms with E-state index in [4.69, 9.17) is 9.90 Å². The number of benzene rings is 2. The van der Waals surface area contributed by atoms with E-state index in [0.29, 0.717) is 19.6 Å². The van der Waals surface area contributed by atoms with Crippen LogP contribution in [0.4, 0.5) is 17.6 Å². The smallest absolute Gasteiger partial charge is 0.475 e. The summed E-state index contributed by atoms with van der Waals surface area (Å²) in [6.07, 6.45) is -5.08. The van der Waals surface area contributed by atoms with Gasteiger partial charge in [-0.25, -0.2) is 9.18 Å². The average Bonchev–Trinajstić information content (AvgIpc) is 2.84. The minimum absolute atomic E-state index is 0.00742. The summed E-state index contributed by atoms with van der Waals surface area (Å²) >= 11 is 0. The summed E-state index contributed by atoms with van der Waals surface area (Å²) in [4.78, 5) is 38.0. The molecule has 1 saturated heterocycles.